The summed E-state index contributed by atoms with van der Waals surface area (Å²) in [5, 5.41) is 0. The Morgan fingerprint density at radius 3 is 2.58 bits per heavy atom. The molecule has 0 amide bonds. The van der Waals surface area contributed by atoms with Crippen molar-refractivity contribution in [2.75, 3.05) is 11.3 Å². The quantitative estimate of drug-likeness (QED) is 0.823. The molecule has 1 N–H and O–H groups in total. The number of sulfonamides is 1. The number of hydrogen-bond acceptors (Lipinski definition) is 5. The van der Waals surface area contributed by atoms with Crippen molar-refractivity contribution in [3.05, 3.63) is 56.4 Å². The van der Waals surface area contributed by atoms with Crippen LogP contribution in [0.4, 0.5) is 5.69 Å². The molecule has 0 fully saturated rings. The first-order valence-corrected chi connectivity index (χ1v) is 9.85. The maximum Gasteiger partial charge on any atom is 0.330 e. The molecule has 8 nitrogen and oxygen atoms in total. The molecule has 2 aromatic rings. The van der Waals surface area contributed by atoms with Crippen LogP contribution < -0.4 is 16.0 Å². The molecular weight excluding hydrogens is 356 g/mol. The molecule has 0 atom stereocenters. The molecule has 140 valence electrons. The third-order valence-corrected chi connectivity index (χ3v) is 5.89. The second kappa shape index (κ2) is 6.73. The fourth-order valence-corrected chi connectivity index (χ4v) is 4.47. The number of nitrogens with one attached hydrogen (secondary N) is 1. The summed E-state index contributed by atoms with van der Waals surface area (Å²) in [6.45, 7) is 4.47. The van der Waals surface area contributed by atoms with Gasteiger partial charge in [0.1, 0.15) is 0 Å². The highest BCUT2D eigenvalue weighted by Crippen LogP contribution is 2.30. The van der Waals surface area contributed by atoms with Crippen molar-refractivity contribution in [1.29, 1.82) is 0 Å². The van der Waals surface area contributed by atoms with Crippen LogP contribution >= 0.6 is 0 Å². The molecule has 1 aliphatic rings. The van der Waals surface area contributed by atoms with Gasteiger partial charge in [0.15, 0.2) is 4.90 Å². The molecule has 0 saturated heterocycles. The van der Waals surface area contributed by atoms with E-state index < -0.39 is 26.2 Å². The van der Waals surface area contributed by atoms with E-state index in [1.165, 1.54) is 14.1 Å². The van der Waals surface area contributed by atoms with E-state index >= 15 is 0 Å². The molecule has 2 heterocycles. The highest BCUT2D eigenvalue weighted by atomic mass is 32.2. The first kappa shape index (κ1) is 18.4. The zero-order valence-corrected chi connectivity index (χ0v) is 15.8. The van der Waals surface area contributed by atoms with Crippen LogP contribution in [0.25, 0.3) is 0 Å². The maximum absolute atomic E-state index is 12.8. The topological polar surface area (TPSA) is 93.4 Å². The fourth-order valence-electron chi connectivity index (χ4n) is 3.22. The lowest BCUT2D eigenvalue weighted by atomic mass is 10.1. The molecule has 1 aromatic heterocycles. The molecule has 9 heteroatoms. The normalized spacial score (nSPS) is 14.4. The zero-order valence-electron chi connectivity index (χ0n) is 15.0. The van der Waals surface area contributed by atoms with Gasteiger partial charge in [-0.3, -0.25) is 19.0 Å². The molecule has 1 aromatic carbocycles. The van der Waals surface area contributed by atoms with Gasteiger partial charge < -0.3 is 4.57 Å². The van der Waals surface area contributed by atoms with Crippen LogP contribution in [-0.4, -0.2) is 29.0 Å². The largest absolute Gasteiger partial charge is 0.330 e. The third kappa shape index (κ3) is 3.19. The Labute approximate surface area is 151 Å². The Morgan fingerprint density at radius 1 is 1.15 bits per heavy atom. The summed E-state index contributed by atoms with van der Waals surface area (Å²) in [5.41, 5.74) is 1.04. The summed E-state index contributed by atoms with van der Waals surface area (Å²) in [6, 6.07) is 5.47. The van der Waals surface area contributed by atoms with Crippen molar-refractivity contribution < 1.29 is 8.42 Å². The van der Waals surface area contributed by atoms with Gasteiger partial charge >= 0.3 is 5.69 Å². The molecule has 0 saturated carbocycles. The van der Waals surface area contributed by atoms with E-state index in [0.717, 1.165) is 46.0 Å². The van der Waals surface area contributed by atoms with Crippen molar-refractivity contribution in [2.24, 2.45) is 14.1 Å². The van der Waals surface area contributed by atoms with Crippen LogP contribution in [0, 0.1) is 0 Å². The average molecular weight is 378 g/mol. The Morgan fingerprint density at radius 2 is 1.88 bits per heavy atom. The Bertz CT molecular complexity index is 1070. The van der Waals surface area contributed by atoms with E-state index in [-0.39, 0.29) is 0 Å². The van der Waals surface area contributed by atoms with E-state index in [1.807, 2.05) is 6.07 Å². The van der Waals surface area contributed by atoms with Crippen LogP contribution in [0.1, 0.15) is 24.5 Å². The van der Waals surface area contributed by atoms with Gasteiger partial charge in [-0.25, -0.2) is 13.2 Å². The molecule has 26 heavy (non-hydrogen) atoms. The standard InChI is InChI=1S/C17H22N4O4S/c1-4-8-21-9-12-6-5-7-14(13(12)10-21)18-26(24,25)15-11-19(2)17(23)20(3)16(15)22/h5-7,11,18H,4,8-10H2,1-3H3. The van der Waals surface area contributed by atoms with Crippen LogP contribution in [0.15, 0.2) is 38.9 Å². The third-order valence-electron chi connectivity index (χ3n) is 4.54. The van der Waals surface area contributed by atoms with Gasteiger partial charge in [-0.15, -0.1) is 0 Å². The number of anilines is 1. The summed E-state index contributed by atoms with van der Waals surface area (Å²) in [6.07, 6.45) is 2.07. The number of hydrogen-bond donors (Lipinski definition) is 1. The van der Waals surface area contributed by atoms with Gasteiger partial charge in [0.25, 0.3) is 15.6 Å². The van der Waals surface area contributed by atoms with Crippen LogP contribution in [0.3, 0.4) is 0 Å². The fraction of sp³-hybridized carbons (Fsp3) is 0.412. The van der Waals surface area contributed by atoms with Crippen molar-refractivity contribution in [2.45, 2.75) is 31.3 Å². The van der Waals surface area contributed by atoms with Crippen LogP contribution in [0.5, 0.6) is 0 Å². The number of benzene rings is 1. The van der Waals surface area contributed by atoms with Crippen molar-refractivity contribution in [1.82, 2.24) is 14.0 Å². The smallest absolute Gasteiger partial charge is 0.302 e. The van der Waals surface area contributed by atoms with Crippen LogP contribution in [-0.2, 0) is 37.2 Å². The summed E-state index contributed by atoms with van der Waals surface area (Å²) in [7, 11) is -1.46. The lowest BCUT2D eigenvalue weighted by molar-refractivity contribution is 0.285. The second-order valence-electron chi connectivity index (χ2n) is 6.51. The molecule has 1 aliphatic heterocycles. The van der Waals surface area contributed by atoms with Crippen molar-refractivity contribution in [3.63, 3.8) is 0 Å². The minimum atomic E-state index is -4.12. The van der Waals surface area contributed by atoms with Gasteiger partial charge in [0.05, 0.1) is 5.69 Å². The first-order valence-electron chi connectivity index (χ1n) is 8.37. The Hall–Kier alpha value is -2.39. The lowest BCUT2D eigenvalue weighted by Crippen LogP contribution is -2.40. The van der Waals surface area contributed by atoms with Gasteiger partial charge in [-0.1, -0.05) is 19.1 Å². The van der Waals surface area contributed by atoms with Crippen molar-refractivity contribution in [3.8, 4) is 0 Å². The van der Waals surface area contributed by atoms with E-state index in [4.69, 9.17) is 0 Å². The number of nitrogens with zero attached hydrogens (tertiary/aromatic N) is 3. The van der Waals surface area contributed by atoms with Gasteiger partial charge in [-0.05, 0) is 30.2 Å². The van der Waals surface area contributed by atoms with E-state index in [1.54, 1.807) is 12.1 Å². The molecule has 3 rings (SSSR count). The highest BCUT2D eigenvalue weighted by Gasteiger charge is 2.26. The van der Waals surface area contributed by atoms with E-state index in [0.29, 0.717) is 12.2 Å². The van der Waals surface area contributed by atoms with Gasteiger partial charge in [-0.2, -0.15) is 0 Å². The minimum absolute atomic E-state index is 0.455. The summed E-state index contributed by atoms with van der Waals surface area (Å²) in [4.78, 5) is 25.8. The number of fused-ring (bicyclic) bond motifs is 1. The summed E-state index contributed by atoms with van der Waals surface area (Å²) >= 11 is 0. The predicted octanol–water partition coefficient (Wildman–Crippen LogP) is 0.610. The van der Waals surface area contributed by atoms with E-state index in [2.05, 4.69) is 16.5 Å². The van der Waals surface area contributed by atoms with E-state index in [9.17, 15) is 18.0 Å². The summed E-state index contributed by atoms with van der Waals surface area (Å²) < 4.78 is 30.0. The lowest BCUT2D eigenvalue weighted by Gasteiger charge is -2.14. The summed E-state index contributed by atoms with van der Waals surface area (Å²) in [5.74, 6) is 0. The van der Waals surface area contributed by atoms with Gasteiger partial charge in [0, 0.05) is 33.4 Å². The van der Waals surface area contributed by atoms with Gasteiger partial charge in [0.2, 0.25) is 0 Å². The highest BCUT2D eigenvalue weighted by molar-refractivity contribution is 7.92. The Balaban J connectivity index is 2.00. The monoisotopic (exact) mass is 378 g/mol. The van der Waals surface area contributed by atoms with Crippen LogP contribution in [0.2, 0.25) is 0 Å². The SMILES string of the molecule is CCCN1Cc2cccc(NS(=O)(=O)c3cn(C)c(=O)n(C)c3=O)c2C1. The molecule has 0 aliphatic carbocycles. The molecular formula is C17H22N4O4S. The minimum Gasteiger partial charge on any atom is -0.302 e. The first-order chi connectivity index (χ1) is 12.2. The second-order valence-corrected chi connectivity index (χ2v) is 8.16. The van der Waals surface area contributed by atoms with Crippen molar-refractivity contribution >= 4 is 15.7 Å². The maximum atomic E-state index is 12.8. The predicted molar refractivity (Wildman–Crippen MR) is 98.6 cm³/mol. The molecule has 0 bridgehead atoms. The molecule has 0 radical (unpaired) electrons. The molecule has 0 unspecified atom stereocenters. The number of rotatable bonds is 5. The average Bonchev–Trinajstić information content (AvgIpc) is 3.00. The zero-order chi connectivity index (χ0) is 19.1. The molecule has 0 spiro atoms. The number of aromatic nitrogens is 2. The Kier molecular flexibility index (Phi) is 4.76. The number of aryl methyl sites for hydroxylation is 1.